The molecule has 0 saturated carbocycles. The molecule has 0 aliphatic rings. The van der Waals surface area contributed by atoms with Crippen molar-refractivity contribution in [2.75, 3.05) is 32.5 Å². The van der Waals surface area contributed by atoms with Crippen molar-refractivity contribution in [2.45, 2.75) is 6.92 Å². The van der Waals surface area contributed by atoms with Crippen LogP contribution in [0.5, 0.6) is 0 Å². The normalized spacial score (nSPS) is 11.6. The Balaban J connectivity index is 1.41. The zero-order valence-corrected chi connectivity index (χ0v) is 21.5. The molecule has 0 bridgehead atoms. The first-order valence-corrected chi connectivity index (χ1v) is 12.5. The van der Waals surface area contributed by atoms with E-state index in [1.807, 2.05) is 63.6 Å². The molecule has 6 rings (SSSR count). The molecule has 0 saturated heterocycles. The van der Waals surface area contributed by atoms with E-state index in [1.54, 1.807) is 18.5 Å². The SMILES string of the molecule is Cc1ccncc1-c1cc2c(-c3cc4c(-c5cc(F)cc(NCCN(C)C)c5)cccc4[nH]3)n[nH]c2cn1. The summed E-state index contributed by atoms with van der Waals surface area (Å²) in [6.45, 7) is 3.64. The Bertz CT molecular complexity index is 1770. The number of fused-ring (bicyclic) bond motifs is 2. The third kappa shape index (κ3) is 4.50. The Morgan fingerprint density at radius 3 is 2.68 bits per heavy atom. The molecular weight excluding hydrogens is 477 g/mol. The molecule has 0 unspecified atom stereocenters. The van der Waals surface area contributed by atoms with E-state index in [2.05, 4.69) is 41.4 Å². The van der Waals surface area contributed by atoms with Crippen LogP contribution >= 0.6 is 0 Å². The fourth-order valence-electron chi connectivity index (χ4n) is 4.81. The van der Waals surface area contributed by atoms with E-state index >= 15 is 0 Å². The van der Waals surface area contributed by atoms with Crippen molar-refractivity contribution in [3.63, 3.8) is 0 Å². The topological polar surface area (TPSA) is 85.5 Å². The molecule has 8 heteroatoms. The third-order valence-electron chi connectivity index (χ3n) is 6.78. The van der Waals surface area contributed by atoms with Crippen LogP contribution in [0, 0.1) is 12.7 Å². The summed E-state index contributed by atoms with van der Waals surface area (Å²) in [4.78, 5) is 14.5. The molecule has 0 spiro atoms. The highest BCUT2D eigenvalue weighted by Crippen LogP contribution is 2.36. The Morgan fingerprint density at radius 2 is 1.84 bits per heavy atom. The summed E-state index contributed by atoms with van der Waals surface area (Å²) >= 11 is 0. The van der Waals surface area contributed by atoms with Gasteiger partial charge in [0.1, 0.15) is 11.5 Å². The quantitative estimate of drug-likeness (QED) is 0.239. The first-order valence-electron chi connectivity index (χ1n) is 12.5. The highest BCUT2D eigenvalue weighted by molar-refractivity contribution is 6.01. The number of rotatable bonds is 7. The lowest BCUT2D eigenvalue weighted by atomic mass is 10.0. The number of likely N-dealkylation sites (N-methyl/N-ethyl adjacent to an activating group) is 1. The van der Waals surface area contributed by atoms with Crippen molar-refractivity contribution >= 4 is 27.5 Å². The molecule has 0 radical (unpaired) electrons. The fraction of sp³-hybridized carbons (Fsp3) is 0.167. The lowest BCUT2D eigenvalue weighted by molar-refractivity contribution is 0.425. The Labute approximate surface area is 219 Å². The maximum absolute atomic E-state index is 14.6. The van der Waals surface area contributed by atoms with Gasteiger partial charge in [-0.15, -0.1) is 0 Å². The fourth-order valence-corrected chi connectivity index (χ4v) is 4.81. The van der Waals surface area contributed by atoms with Crippen LogP contribution in [0.3, 0.4) is 0 Å². The molecule has 0 aliphatic carbocycles. The predicted octanol–water partition coefficient (Wildman–Crippen LogP) is 6.26. The highest BCUT2D eigenvalue weighted by atomic mass is 19.1. The average Bonchev–Trinajstić information content (AvgIpc) is 3.52. The van der Waals surface area contributed by atoms with Crippen molar-refractivity contribution in [3.8, 4) is 33.8 Å². The van der Waals surface area contributed by atoms with Crippen LogP contribution in [-0.2, 0) is 0 Å². The number of benzene rings is 2. The molecule has 4 aromatic heterocycles. The van der Waals surface area contributed by atoms with Gasteiger partial charge in [-0.3, -0.25) is 15.1 Å². The number of pyridine rings is 2. The van der Waals surface area contributed by atoms with Crippen LogP contribution in [0.25, 0.3) is 55.6 Å². The van der Waals surface area contributed by atoms with Crippen LogP contribution in [-0.4, -0.2) is 57.2 Å². The van der Waals surface area contributed by atoms with Gasteiger partial charge in [0.25, 0.3) is 0 Å². The van der Waals surface area contributed by atoms with E-state index < -0.39 is 0 Å². The summed E-state index contributed by atoms with van der Waals surface area (Å²) in [5.74, 6) is -0.272. The first kappa shape index (κ1) is 23.8. The number of hydrogen-bond donors (Lipinski definition) is 3. The minimum absolute atomic E-state index is 0.272. The molecule has 0 amide bonds. The predicted molar refractivity (Wildman–Crippen MR) is 152 cm³/mol. The zero-order valence-electron chi connectivity index (χ0n) is 21.5. The summed E-state index contributed by atoms with van der Waals surface area (Å²) in [6, 6.07) is 17.3. The van der Waals surface area contributed by atoms with Crippen LogP contribution in [0.1, 0.15) is 5.56 Å². The van der Waals surface area contributed by atoms with Gasteiger partial charge in [-0.2, -0.15) is 5.10 Å². The number of hydrogen-bond acceptors (Lipinski definition) is 5. The van der Waals surface area contributed by atoms with E-state index in [-0.39, 0.29) is 5.82 Å². The van der Waals surface area contributed by atoms with Crippen molar-refractivity contribution in [1.82, 2.24) is 30.0 Å². The Morgan fingerprint density at radius 1 is 0.947 bits per heavy atom. The second kappa shape index (κ2) is 9.72. The van der Waals surface area contributed by atoms with Gasteiger partial charge in [0, 0.05) is 53.0 Å². The number of aryl methyl sites for hydroxylation is 1. The lowest BCUT2D eigenvalue weighted by Gasteiger charge is -2.13. The van der Waals surface area contributed by atoms with E-state index in [0.29, 0.717) is 0 Å². The number of aromatic nitrogens is 5. The van der Waals surface area contributed by atoms with Crippen molar-refractivity contribution < 1.29 is 4.39 Å². The number of H-pyrrole nitrogens is 2. The molecule has 2 aromatic carbocycles. The monoisotopic (exact) mass is 505 g/mol. The van der Waals surface area contributed by atoms with Gasteiger partial charge < -0.3 is 15.2 Å². The smallest absolute Gasteiger partial charge is 0.125 e. The summed E-state index contributed by atoms with van der Waals surface area (Å²) in [6.07, 6.45) is 5.42. The number of anilines is 1. The highest BCUT2D eigenvalue weighted by Gasteiger charge is 2.16. The van der Waals surface area contributed by atoms with Crippen molar-refractivity contribution in [3.05, 3.63) is 84.6 Å². The molecule has 6 aromatic rings. The average molecular weight is 506 g/mol. The first-order chi connectivity index (χ1) is 18.5. The zero-order chi connectivity index (χ0) is 26.2. The molecule has 0 fully saturated rings. The minimum Gasteiger partial charge on any atom is -0.384 e. The number of aromatic amines is 2. The van der Waals surface area contributed by atoms with Crippen LogP contribution in [0.4, 0.5) is 10.1 Å². The van der Waals surface area contributed by atoms with Crippen LogP contribution in [0.2, 0.25) is 0 Å². The molecule has 7 nitrogen and oxygen atoms in total. The van der Waals surface area contributed by atoms with Crippen molar-refractivity contribution in [1.29, 1.82) is 0 Å². The number of nitrogens with zero attached hydrogens (tertiary/aromatic N) is 4. The van der Waals surface area contributed by atoms with Gasteiger partial charge >= 0.3 is 0 Å². The van der Waals surface area contributed by atoms with E-state index in [0.717, 1.165) is 79.9 Å². The summed E-state index contributed by atoms with van der Waals surface area (Å²) in [5, 5.41) is 13.0. The second-order valence-corrected chi connectivity index (χ2v) is 9.79. The van der Waals surface area contributed by atoms with Gasteiger partial charge in [0.05, 0.1) is 23.1 Å². The van der Waals surface area contributed by atoms with Gasteiger partial charge in [0.2, 0.25) is 0 Å². The number of nitrogens with one attached hydrogen (secondary N) is 3. The van der Waals surface area contributed by atoms with Crippen LogP contribution in [0.15, 0.2) is 73.2 Å². The molecular formula is C30H28FN7. The van der Waals surface area contributed by atoms with Gasteiger partial charge in [-0.05, 0) is 80.2 Å². The molecule has 0 atom stereocenters. The Hall–Kier alpha value is -4.56. The molecule has 3 N–H and O–H groups in total. The van der Waals surface area contributed by atoms with Gasteiger partial charge in [0.15, 0.2) is 0 Å². The van der Waals surface area contributed by atoms with E-state index in [1.165, 1.54) is 6.07 Å². The maximum atomic E-state index is 14.6. The summed E-state index contributed by atoms with van der Waals surface area (Å²) in [7, 11) is 4.03. The van der Waals surface area contributed by atoms with Crippen molar-refractivity contribution in [2.24, 2.45) is 0 Å². The van der Waals surface area contributed by atoms with Crippen LogP contribution < -0.4 is 5.32 Å². The Kier molecular flexibility index (Phi) is 6.09. The van der Waals surface area contributed by atoms with Gasteiger partial charge in [-0.25, -0.2) is 4.39 Å². The van der Waals surface area contributed by atoms with E-state index in [4.69, 9.17) is 0 Å². The molecule has 0 aliphatic heterocycles. The third-order valence-corrected chi connectivity index (χ3v) is 6.78. The van der Waals surface area contributed by atoms with E-state index in [9.17, 15) is 4.39 Å². The standard InChI is InChI=1S/C30H28FN7/c1-18-7-8-32-16-25(18)27-15-24-29(17-34-27)36-37-30(24)28-14-23-22(5-4-6-26(23)35-28)19-11-20(31)13-21(12-19)33-9-10-38(2)3/h4-8,11-17,33,35H,9-10H2,1-3H3,(H,36,37). The van der Waals surface area contributed by atoms with Gasteiger partial charge in [-0.1, -0.05) is 12.1 Å². The number of halogens is 1. The lowest BCUT2D eigenvalue weighted by Crippen LogP contribution is -2.20. The largest absolute Gasteiger partial charge is 0.384 e. The maximum Gasteiger partial charge on any atom is 0.125 e. The molecule has 4 heterocycles. The minimum atomic E-state index is -0.272. The summed E-state index contributed by atoms with van der Waals surface area (Å²) < 4.78 is 14.6. The second-order valence-electron chi connectivity index (χ2n) is 9.79. The molecule has 38 heavy (non-hydrogen) atoms. The molecule has 190 valence electrons. The summed E-state index contributed by atoms with van der Waals surface area (Å²) in [5.41, 5.74) is 8.96.